The van der Waals surface area contributed by atoms with E-state index in [0.717, 1.165) is 0 Å². The normalized spacial score (nSPS) is 10.7. The van der Waals surface area contributed by atoms with E-state index >= 15 is 0 Å². The van der Waals surface area contributed by atoms with Crippen LogP contribution in [0.1, 0.15) is 20.7 Å². The Balaban J connectivity index is 3.15. The molecule has 0 atom stereocenters. The van der Waals surface area contributed by atoms with Crippen molar-refractivity contribution < 1.29 is 33.0 Å². The number of carboxylic acids is 2. The average molecular weight is 363 g/mol. The second-order valence-corrected chi connectivity index (χ2v) is 4.85. The van der Waals surface area contributed by atoms with Crippen LogP contribution in [0, 0.1) is 17.5 Å². The molecule has 0 aliphatic carbocycles. The van der Waals surface area contributed by atoms with Crippen LogP contribution in [-0.2, 0) is 0 Å². The van der Waals surface area contributed by atoms with Crippen LogP contribution in [-0.4, -0.2) is 27.1 Å². The Kier molecular flexibility index (Phi) is 4.26. The Morgan fingerprint density at radius 3 is 2.08 bits per heavy atom. The summed E-state index contributed by atoms with van der Waals surface area (Å²) in [5.74, 6) is -10.0. The summed E-state index contributed by atoms with van der Waals surface area (Å²) in [4.78, 5) is 36.1. The summed E-state index contributed by atoms with van der Waals surface area (Å²) in [5, 5.41) is 17.3. The summed E-state index contributed by atoms with van der Waals surface area (Å²) in [6.07, 6.45) is 0. The van der Waals surface area contributed by atoms with Gasteiger partial charge in [0.25, 0.3) is 5.56 Å². The molecule has 0 amide bonds. The van der Waals surface area contributed by atoms with Gasteiger partial charge in [0, 0.05) is 5.56 Å². The molecule has 5 N–H and O–H groups in total. The van der Waals surface area contributed by atoms with Crippen LogP contribution in [0.5, 0.6) is 0 Å². The lowest BCUT2D eigenvalue weighted by atomic mass is 9.94. The highest BCUT2D eigenvalue weighted by Crippen LogP contribution is 2.36. The molecular weight excluding hydrogens is 357 g/mol. The van der Waals surface area contributed by atoms with Gasteiger partial charge in [-0.15, -0.1) is 0 Å². The Hall–Kier alpha value is -3.01. The van der Waals surface area contributed by atoms with Gasteiger partial charge in [-0.25, -0.2) is 22.8 Å². The number of hydrogen-bond donors (Lipinski definition) is 4. The number of aromatic carboxylic acids is 2. The van der Waals surface area contributed by atoms with Gasteiger partial charge in [0.2, 0.25) is 0 Å². The van der Waals surface area contributed by atoms with Crippen LogP contribution < -0.4 is 11.3 Å². The first-order chi connectivity index (χ1) is 11.1. The van der Waals surface area contributed by atoms with Gasteiger partial charge in [0.15, 0.2) is 11.6 Å². The molecule has 0 unspecified atom stereocenters. The van der Waals surface area contributed by atoms with E-state index in [-0.39, 0.29) is 0 Å². The van der Waals surface area contributed by atoms with Gasteiger partial charge in [-0.1, -0.05) is 11.6 Å². The van der Waals surface area contributed by atoms with Crippen molar-refractivity contribution in [3.63, 3.8) is 0 Å². The highest BCUT2D eigenvalue weighted by molar-refractivity contribution is 6.30. The van der Waals surface area contributed by atoms with Gasteiger partial charge in [-0.2, -0.15) is 0 Å². The fourth-order valence-corrected chi connectivity index (χ4v) is 2.27. The average Bonchev–Trinajstić information content (AvgIpc) is 2.43. The second kappa shape index (κ2) is 5.89. The van der Waals surface area contributed by atoms with Crippen molar-refractivity contribution in [2.75, 3.05) is 5.73 Å². The molecule has 2 rings (SSSR count). The zero-order valence-corrected chi connectivity index (χ0v) is 12.0. The SMILES string of the molecule is Nc1[nH]c(=O)c(C(=O)O)c(-c2c(F)cc(Cl)c(F)c2F)c1C(=O)O. The number of halogens is 4. The molecule has 0 saturated heterocycles. The fraction of sp³-hybridized carbons (Fsp3) is 0. The zero-order valence-electron chi connectivity index (χ0n) is 11.3. The maximum atomic E-state index is 14.1. The van der Waals surface area contributed by atoms with Crippen molar-refractivity contribution >= 4 is 29.4 Å². The highest BCUT2D eigenvalue weighted by atomic mass is 35.5. The molecule has 0 bridgehead atoms. The molecule has 0 aliphatic rings. The van der Waals surface area contributed by atoms with Crippen LogP contribution in [0.15, 0.2) is 10.9 Å². The van der Waals surface area contributed by atoms with E-state index in [2.05, 4.69) is 0 Å². The Bertz CT molecular complexity index is 958. The van der Waals surface area contributed by atoms with E-state index in [0.29, 0.717) is 6.07 Å². The molecular formula is C13H6ClF3N2O5. The van der Waals surface area contributed by atoms with E-state index in [1.807, 2.05) is 0 Å². The van der Waals surface area contributed by atoms with Gasteiger partial charge >= 0.3 is 11.9 Å². The van der Waals surface area contributed by atoms with Crippen LogP contribution in [0.2, 0.25) is 5.02 Å². The summed E-state index contributed by atoms with van der Waals surface area (Å²) >= 11 is 5.27. The van der Waals surface area contributed by atoms with Crippen molar-refractivity contribution in [2.45, 2.75) is 0 Å². The van der Waals surface area contributed by atoms with Crippen molar-refractivity contribution in [3.8, 4) is 11.1 Å². The Morgan fingerprint density at radius 1 is 1.04 bits per heavy atom. The molecule has 0 aliphatic heterocycles. The Morgan fingerprint density at radius 2 is 1.58 bits per heavy atom. The topological polar surface area (TPSA) is 133 Å². The quantitative estimate of drug-likeness (QED) is 0.488. The molecule has 11 heteroatoms. The number of anilines is 1. The summed E-state index contributed by atoms with van der Waals surface area (Å²) < 4.78 is 41.9. The van der Waals surface area contributed by atoms with Crippen molar-refractivity contribution in [3.05, 3.63) is 50.0 Å². The molecule has 1 heterocycles. The van der Waals surface area contributed by atoms with Crippen LogP contribution >= 0.6 is 11.6 Å². The number of aromatic nitrogens is 1. The molecule has 1 aromatic carbocycles. The number of aromatic amines is 1. The highest BCUT2D eigenvalue weighted by Gasteiger charge is 2.31. The van der Waals surface area contributed by atoms with E-state index in [1.54, 1.807) is 4.98 Å². The largest absolute Gasteiger partial charge is 0.478 e. The minimum Gasteiger partial charge on any atom is -0.478 e. The summed E-state index contributed by atoms with van der Waals surface area (Å²) in [6.45, 7) is 0. The van der Waals surface area contributed by atoms with E-state index in [4.69, 9.17) is 27.5 Å². The van der Waals surface area contributed by atoms with Crippen LogP contribution in [0.3, 0.4) is 0 Å². The first kappa shape index (κ1) is 17.3. The lowest BCUT2D eigenvalue weighted by Gasteiger charge is -2.14. The smallest absolute Gasteiger partial charge is 0.342 e. The predicted molar refractivity (Wildman–Crippen MR) is 75.7 cm³/mol. The van der Waals surface area contributed by atoms with E-state index in [1.165, 1.54) is 0 Å². The molecule has 2 aromatic rings. The van der Waals surface area contributed by atoms with Crippen LogP contribution in [0.25, 0.3) is 11.1 Å². The standard InChI is InChI=1S/C13H6ClF3N2O5/c14-2-1-3(15)4(9(17)8(2)16)5-6(12(21)22)10(18)19-11(20)7(5)13(23)24/h1H,(H,21,22)(H,23,24)(H3,18,19,20). The number of H-pyrrole nitrogens is 1. The third-order valence-electron chi connectivity index (χ3n) is 3.04. The number of nitrogens with two attached hydrogens (primary N) is 1. The molecule has 7 nitrogen and oxygen atoms in total. The maximum Gasteiger partial charge on any atom is 0.342 e. The summed E-state index contributed by atoms with van der Waals surface area (Å²) in [7, 11) is 0. The number of pyridine rings is 1. The fourth-order valence-electron chi connectivity index (χ4n) is 2.09. The zero-order chi connectivity index (χ0) is 18.3. The van der Waals surface area contributed by atoms with Gasteiger partial charge in [0.1, 0.15) is 22.8 Å². The van der Waals surface area contributed by atoms with Crippen molar-refractivity contribution in [1.82, 2.24) is 4.98 Å². The first-order valence-electron chi connectivity index (χ1n) is 5.93. The number of nitrogen functional groups attached to an aromatic ring is 1. The molecule has 126 valence electrons. The molecule has 0 fully saturated rings. The van der Waals surface area contributed by atoms with Crippen molar-refractivity contribution in [2.24, 2.45) is 0 Å². The van der Waals surface area contributed by atoms with Gasteiger partial charge in [0.05, 0.1) is 10.6 Å². The first-order valence-corrected chi connectivity index (χ1v) is 6.31. The maximum absolute atomic E-state index is 14.1. The predicted octanol–water partition coefficient (Wildman–Crippen LogP) is 2.09. The molecule has 0 spiro atoms. The number of benzene rings is 1. The number of hydrogen-bond acceptors (Lipinski definition) is 4. The van der Waals surface area contributed by atoms with Gasteiger partial charge < -0.3 is 20.9 Å². The third-order valence-corrected chi connectivity index (χ3v) is 3.31. The summed E-state index contributed by atoms with van der Waals surface area (Å²) in [6, 6.07) is 0.309. The molecule has 0 saturated carbocycles. The van der Waals surface area contributed by atoms with Crippen molar-refractivity contribution in [1.29, 1.82) is 0 Å². The Labute approximate surface area is 135 Å². The third kappa shape index (κ3) is 2.56. The monoisotopic (exact) mass is 362 g/mol. The minimum absolute atomic E-state index is 0.309. The molecule has 1 aromatic heterocycles. The summed E-state index contributed by atoms with van der Waals surface area (Å²) in [5.41, 5.74) is -1.13. The molecule has 0 radical (unpaired) electrons. The molecule has 24 heavy (non-hydrogen) atoms. The lowest BCUT2D eigenvalue weighted by molar-refractivity contribution is 0.0695. The number of nitrogens with one attached hydrogen (secondary N) is 1. The number of carbonyl (C=O) groups is 2. The number of rotatable bonds is 3. The minimum atomic E-state index is -2.00. The van der Waals surface area contributed by atoms with E-state index < -0.39 is 68.0 Å². The van der Waals surface area contributed by atoms with Crippen LogP contribution in [0.4, 0.5) is 19.0 Å². The second-order valence-electron chi connectivity index (χ2n) is 4.45. The van der Waals surface area contributed by atoms with E-state index in [9.17, 15) is 27.6 Å². The van der Waals surface area contributed by atoms with Gasteiger partial charge in [-0.05, 0) is 6.07 Å². The lowest BCUT2D eigenvalue weighted by Crippen LogP contribution is -2.25. The van der Waals surface area contributed by atoms with Gasteiger partial charge in [-0.3, -0.25) is 4.79 Å². The number of carboxylic acid groups (broad SMARTS) is 2.